The molecule has 3 atom stereocenters. The van der Waals surface area contributed by atoms with Crippen LogP contribution in [0.5, 0.6) is 5.75 Å². The fourth-order valence-electron chi connectivity index (χ4n) is 6.88. The topological polar surface area (TPSA) is 71.9 Å². The minimum atomic E-state index is -1.14. The Balaban J connectivity index is 1.51. The largest absolute Gasteiger partial charge is 0.493 e. The van der Waals surface area contributed by atoms with Crippen LogP contribution in [0.4, 0.5) is 10.1 Å². The standard InChI is InChI=1S/C36H45FN2O4/c1-23-31(27-12-16-30(17-13-27)42-21-19-25-10-14-29(37)15-11-25)33(39-20-18-26-8-6-7-9-28(26)22-39)32(24(2)38-23)34(35(40)41)43-36(3,4)5/h10-17,26,28,34H,6-9,18-22H2,1-5H3,(H,40,41)/t26-,28+,34+/m1/s1. The van der Waals surface area contributed by atoms with Gasteiger partial charge < -0.3 is 19.5 Å². The van der Waals surface area contributed by atoms with E-state index < -0.39 is 17.7 Å². The quantitative estimate of drug-likeness (QED) is 0.272. The van der Waals surface area contributed by atoms with Gasteiger partial charge in [0, 0.05) is 42.0 Å². The summed E-state index contributed by atoms with van der Waals surface area (Å²) in [6.45, 7) is 11.9. The minimum Gasteiger partial charge on any atom is -0.493 e. The number of rotatable bonds is 9. The maximum atomic E-state index is 13.2. The lowest BCUT2D eigenvalue weighted by Crippen LogP contribution is -2.43. The molecule has 0 radical (unpaired) electrons. The molecule has 0 unspecified atom stereocenters. The Morgan fingerprint density at radius 3 is 2.33 bits per heavy atom. The van der Waals surface area contributed by atoms with Gasteiger partial charge in [-0.2, -0.15) is 0 Å². The average Bonchev–Trinajstić information content (AvgIpc) is 2.96. The SMILES string of the molecule is Cc1nc(C)c([C@H](OC(C)(C)C)C(=O)O)c(N2CC[C@H]3CCCC[C@H]3C2)c1-c1ccc(OCCc2ccc(F)cc2)cc1. The number of halogens is 1. The molecule has 2 aliphatic rings. The molecule has 2 aromatic carbocycles. The number of benzene rings is 2. The van der Waals surface area contributed by atoms with Crippen molar-refractivity contribution in [2.24, 2.45) is 11.8 Å². The Hall–Kier alpha value is -3.45. The van der Waals surface area contributed by atoms with Crippen LogP contribution in [-0.4, -0.2) is 41.4 Å². The first kappa shape index (κ1) is 31.0. The average molecular weight is 589 g/mol. The van der Waals surface area contributed by atoms with Crippen LogP contribution in [0.25, 0.3) is 11.1 Å². The van der Waals surface area contributed by atoms with Crippen molar-refractivity contribution in [3.05, 3.63) is 76.9 Å². The molecular formula is C36H45FN2O4. The highest BCUT2D eigenvalue weighted by atomic mass is 19.1. The molecule has 1 N–H and O–H groups in total. The molecule has 3 aromatic rings. The van der Waals surface area contributed by atoms with Gasteiger partial charge >= 0.3 is 5.97 Å². The van der Waals surface area contributed by atoms with Gasteiger partial charge in [0.2, 0.25) is 0 Å². The highest BCUT2D eigenvalue weighted by Crippen LogP contribution is 2.46. The first-order chi connectivity index (χ1) is 20.5. The summed E-state index contributed by atoms with van der Waals surface area (Å²) in [6, 6.07) is 14.5. The van der Waals surface area contributed by atoms with E-state index in [1.165, 1.54) is 37.8 Å². The van der Waals surface area contributed by atoms with Gasteiger partial charge in [-0.1, -0.05) is 43.5 Å². The minimum absolute atomic E-state index is 0.244. The van der Waals surface area contributed by atoms with E-state index in [4.69, 9.17) is 14.5 Å². The number of ether oxygens (including phenoxy) is 2. The van der Waals surface area contributed by atoms with E-state index in [9.17, 15) is 14.3 Å². The lowest BCUT2D eigenvalue weighted by molar-refractivity contribution is -0.160. The Labute approximate surface area is 255 Å². The van der Waals surface area contributed by atoms with E-state index >= 15 is 0 Å². The van der Waals surface area contributed by atoms with Gasteiger partial charge in [-0.15, -0.1) is 0 Å². The van der Waals surface area contributed by atoms with E-state index in [1.54, 1.807) is 12.1 Å². The molecule has 1 aliphatic heterocycles. The Morgan fingerprint density at radius 1 is 1.00 bits per heavy atom. The van der Waals surface area contributed by atoms with Crippen molar-refractivity contribution in [1.29, 1.82) is 0 Å². The number of anilines is 1. The molecule has 2 heterocycles. The molecule has 1 saturated carbocycles. The van der Waals surface area contributed by atoms with Gasteiger partial charge in [-0.05, 0) is 94.7 Å². The van der Waals surface area contributed by atoms with Crippen LogP contribution in [0.15, 0.2) is 48.5 Å². The molecule has 5 rings (SSSR count). The summed E-state index contributed by atoms with van der Waals surface area (Å²) in [4.78, 5) is 20.1. The van der Waals surface area contributed by atoms with Gasteiger partial charge in [0.25, 0.3) is 0 Å². The van der Waals surface area contributed by atoms with Crippen LogP contribution in [0.2, 0.25) is 0 Å². The molecule has 1 aliphatic carbocycles. The molecule has 1 saturated heterocycles. The lowest BCUT2D eigenvalue weighted by atomic mass is 9.74. The third-order valence-corrected chi connectivity index (χ3v) is 8.86. The van der Waals surface area contributed by atoms with Gasteiger partial charge in [0.05, 0.1) is 17.9 Å². The van der Waals surface area contributed by atoms with Crippen LogP contribution in [0.1, 0.15) is 81.5 Å². The van der Waals surface area contributed by atoms with Crippen LogP contribution < -0.4 is 9.64 Å². The monoisotopic (exact) mass is 588 g/mol. The van der Waals surface area contributed by atoms with Crippen molar-refractivity contribution in [3.63, 3.8) is 0 Å². The summed E-state index contributed by atoms with van der Waals surface area (Å²) in [5.41, 5.74) is 5.44. The second-order valence-corrected chi connectivity index (χ2v) is 13.2. The predicted molar refractivity (Wildman–Crippen MR) is 168 cm³/mol. The van der Waals surface area contributed by atoms with Crippen molar-refractivity contribution in [1.82, 2.24) is 4.98 Å². The molecule has 230 valence electrons. The third-order valence-electron chi connectivity index (χ3n) is 8.86. The van der Waals surface area contributed by atoms with Gasteiger partial charge in [0.1, 0.15) is 11.6 Å². The number of carboxylic acid groups (broad SMARTS) is 1. The smallest absolute Gasteiger partial charge is 0.337 e. The van der Waals surface area contributed by atoms with Crippen molar-refractivity contribution in [2.75, 3.05) is 24.6 Å². The maximum absolute atomic E-state index is 13.2. The van der Waals surface area contributed by atoms with E-state index in [2.05, 4.69) is 4.90 Å². The van der Waals surface area contributed by atoms with Crippen LogP contribution in [-0.2, 0) is 16.0 Å². The summed E-state index contributed by atoms with van der Waals surface area (Å²) < 4.78 is 25.5. The number of aryl methyl sites for hydroxylation is 2. The number of pyridine rings is 1. The number of carboxylic acids is 1. The number of hydrogen-bond acceptors (Lipinski definition) is 5. The molecule has 1 aromatic heterocycles. The van der Waals surface area contributed by atoms with E-state index in [-0.39, 0.29) is 5.82 Å². The summed E-state index contributed by atoms with van der Waals surface area (Å²) in [6.07, 6.45) is 5.74. The number of aliphatic carboxylic acids is 1. The van der Waals surface area contributed by atoms with Crippen LogP contribution >= 0.6 is 0 Å². The Bertz CT molecular complexity index is 1420. The zero-order valence-corrected chi connectivity index (χ0v) is 26.2. The fourth-order valence-corrected chi connectivity index (χ4v) is 6.88. The van der Waals surface area contributed by atoms with Crippen molar-refractivity contribution in [2.45, 2.75) is 84.8 Å². The molecule has 0 bridgehead atoms. The number of fused-ring (bicyclic) bond motifs is 1. The highest BCUT2D eigenvalue weighted by molar-refractivity contribution is 5.88. The number of nitrogens with zero attached hydrogens (tertiary/aromatic N) is 2. The summed E-state index contributed by atoms with van der Waals surface area (Å²) in [5.74, 6) is 0.849. The zero-order chi connectivity index (χ0) is 30.7. The highest BCUT2D eigenvalue weighted by Gasteiger charge is 2.38. The lowest BCUT2D eigenvalue weighted by Gasteiger charge is -2.44. The zero-order valence-electron chi connectivity index (χ0n) is 26.2. The molecule has 43 heavy (non-hydrogen) atoms. The maximum Gasteiger partial charge on any atom is 0.337 e. The molecule has 6 nitrogen and oxygen atoms in total. The predicted octanol–water partition coefficient (Wildman–Crippen LogP) is 8.08. The molecule has 0 amide bonds. The molecule has 2 fully saturated rings. The number of aromatic nitrogens is 1. The molecule has 7 heteroatoms. The summed E-state index contributed by atoms with van der Waals surface area (Å²) in [7, 11) is 0. The Morgan fingerprint density at radius 2 is 1.67 bits per heavy atom. The first-order valence-corrected chi connectivity index (χ1v) is 15.6. The van der Waals surface area contributed by atoms with E-state index in [1.807, 2.05) is 58.9 Å². The van der Waals surface area contributed by atoms with Gasteiger partial charge in [-0.3, -0.25) is 4.98 Å². The molecular weight excluding hydrogens is 543 g/mol. The second kappa shape index (κ2) is 13.0. The van der Waals surface area contributed by atoms with Crippen molar-refractivity contribution < 1.29 is 23.8 Å². The molecule has 0 spiro atoms. The van der Waals surface area contributed by atoms with Crippen molar-refractivity contribution >= 4 is 11.7 Å². The third kappa shape index (κ3) is 7.38. The van der Waals surface area contributed by atoms with Crippen LogP contribution in [0.3, 0.4) is 0 Å². The first-order valence-electron chi connectivity index (χ1n) is 15.6. The summed E-state index contributed by atoms with van der Waals surface area (Å²) >= 11 is 0. The fraction of sp³-hybridized carbons (Fsp3) is 0.500. The number of carbonyl (C=O) groups is 1. The Kier molecular flexibility index (Phi) is 9.40. The number of piperidine rings is 1. The van der Waals surface area contributed by atoms with Crippen LogP contribution in [0, 0.1) is 31.5 Å². The van der Waals surface area contributed by atoms with Gasteiger partial charge in [-0.25, -0.2) is 9.18 Å². The van der Waals surface area contributed by atoms with E-state index in [0.29, 0.717) is 30.2 Å². The number of hydrogen-bond donors (Lipinski definition) is 1. The van der Waals surface area contributed by atoms with Crippen molar-refractivity contribution in [3.8, 4) is 16.9 Å². The van der Waals surface area contributed by atoms with Gasteiger partial charge in [0.15, 0.2) is 6.10 Å². The normalized spacial score (nSPS) is 19.5. The second-order valence-electron chi connectivity index (χ2n) is 13.2. The summed E-state index contributed by atoms with van der Waals surface area (Å²) in [5, 5.41) is 10.5. The van der Waals surface area contributed by atoms with E-state index in [0.717, 1.165) is 59.2 Å².